The molecule has 1 aromatic heterocycles. The van der Waals surface area contributed by atoms with Gasteiger partial charge in [0.15, 0.2) is 0 Å². The Balaban J connectivity index is 2.08. The van der Waals surface area contributed by atoms with E-state index < -0.39 is 0 Å². The lowest BCUT2D eigenvalue weighted by atomic mass is 10.1. The van der Waals surface area contributed by atoms with Crippen LogP contribution >= 0.6 is 38.9 Å². The summed E-state index contributed by atoms with van der Waals surface area (Å²) < 4.78 is 1.98. The molecular weight excluding hydrogens is 330 g/mol. The van der Waals surface area contributed by atoms with Crippen LogP contribution in [0, 0.1) is 0 Å². The summed E-state index contributed by atoms with van der Waals surface area (Å²) in [6, 6.07) is 12.9. The first-order valence-electron chi connectivity index (χ1n) is 5.83. The van der Waals surface area contributed by atoms with Crippen LogP contribution in [-0.4, -0.2) is 0 Å². The number of hydrogen-bond donors (Lipinski definition) is 1. The fourth-order valence-electron chi connectivity index (χ4n) is 1.93. The Bertz CT molecular complexity index is 526. The predicted octanol–water partition coefficient (Wildman–Crippen LogP) is 5.58. The van der Waals surface area contributed by atoms with Crippen molar-refractivity contribution in [1.82, 2.24) is 5.32 Å². The number of thiophene rings is 1. The smallest absolute Gasteiger partial charge is 0.0931 e. The number of nitrogens with one attached hydrogen (secondary N) is 1. The van der Waals surface area contributed by atoms with Crippen LogP contribution in [0.3, 0.4) is 0 Å². The maximum atomic E-state index is 5.97. The molecule has 0 aliphatic rings. The molecule has 1 N–H and O–H groups in total. The fraction of sp³-hybridized carbons (Fsp3) is 0.286. The third-order valence-corrected chi connectivity index (χ3v) is 5.03. The van der Waals surface area contributed by atoms with E-state index in [1.807, 2.05) is 12.1 Å². The van der Waals surface area contributed by atoms with E-state index in [4.69, 9.17) is 11.6 Å². The molecule has 1 unspecified atom stereocenters. The monoisotopic (exact) mass is 343 g/mol. The van der Waals surface area contributed by atoms with Crippen LogP contribution in [0.4, 0.5) is 0 Å². The van der Waals surface area contributed by atoms with Gasteiger partial charge in [-0.1, -0.05) is 45.7 Å². The van der Waals surface area contributed by atoms with Crippen LogP contribution in [-0.2, 0) is 0 Å². The highest BCUT2D eigenvalue weighted by atomic mass is 79.9. The summed E-state index contributed by atoms with van der Waals surface area (Å²) in [4.78, 5) is 1.26. The molecule has 96 valence electrons. The Kier molecular flexibility index (Phi) is 4.84. The van der Waals surface area contributed by atoms with Crippen LogP contribution < -0.4 is 5.32 Å². The Morgan fingerprint density at radius 1 is 1.11 bits per heavy atom. The summed E-state index contributed by atoms with van der Waals surface area (Å²) in [7, 11) is 0. The summed E-state index contributed by atoms with van der Waals surface area (Å²) in [5.74, 6) is 0. The molecule has 0 saturated heterocycles. The molecule has 0 fully saturated rings. The molecule has 0 bridgehead atoms. The quantitative estimate of drug-likeness (QED) is 0.764. The van der Waals surface area contributed by atoms with Crippen molar-refractivity contribution >= 4 is 38.9 Å². The molecule has 1 heterocycles. The van der Waals surface area contributed by atoms with E-state index >= 15 is 0 Å². The van der Waals surface area contributed by atoms with Crippen molar-refractivity contribution in [2.24, 2.45) is 0 Å². The van der Waals surface area contributed by atoms with Crippen molar-refractivity contribution in [3.05, 3.63) is 55.6 Å². The Morgan fingerprint density at radius 2 is 1.83 bits per heavy atom. The van der Waals surface area contributed by atoms with Crippen molar-refractivity contribution in [2.75, 3.05) is 0 Å². The summed E-state index contributed by atoms with van der Waals surface area (Å²) in [5.41, 5.74) is 1.27. The minimum atomic E-state index is 0.288. The lowest BCUT2D eigenvalue weighted by Gasteiger charge is -2.20. The molecule has 0 spiro atoms. The van der Waals surface area contributed by atoms with Crippen molar-refractivity contribution < 1.29 is 0 Å². The zero-order valence-electron chi connectivity index (χ0n) is 10.3. The summed E-state index contributed by atoms with van der Waals surface area (Å²) in [5, 5.41) is 3.59. The topological polar surface area (TPSA) is 12.0 Å². The third-order valence-electron chi connectivity index (χ3n) is 2.89. The van der Waals surface area contributed by atoms with E-state index in [1.165, 1.54) is 10.4 Å². The van der Waals surface area contributed by atoms with Crippen LogP contribution in [0.2, 0.25) is 4.34 Å². The van der Waals surface area contributed by atoms with E-state index in [1.54, 1.807) is 11.3 Å². The molecule has 18 heavy (non-hydrogen) atoms. The fourth-order valence-corrected chi connectivity index (χ4v) is 3.63. The van der Waals surface area contributed by atoms with Gasteiger partial charge in [-0.05, 0) is 37.6 Å². The molecule has 4 heteroatoms. The molecule has 0 amide bonds. The second-order valence-electron chi connectivity index (χ2n) is 4.27. The van der Waals surface area contributed by atoms with Crippen molar-refractivity contribution in [3.63, 3.8) is 0 Å². The second kappa shape index (κ2) is 6.20. The molecule has 1 nitrogen and oxygen atoms in total. The van der Waals surface area contributed by atoms with Crippen molar-refractivity contribution in [1.29, 1.82) is 0 Å². The maximum absolute atomic E-state index is 5.97. The number of halogens is 2. The molecule has 1 aromatic carbocycles. The van der Waals surface area contributed by atoms with Crippen LogP contribution in [0.25, 0.3) is 0 Å². The normalized spacial score (nSPS) is 14.4. The van der Waals surface area contributed by atoms with Gasteiger partial charge in [0.25, 0.3) is 0 Å². The van der Waals surface area contributed by atoms with Gasteiger partial charge < -0.3 is 5.32 Å². The first-order chi connectivity index (χ1) is 8.58. The molecule has 0 aliphatic carbocycles. The van der Waals surface area contributed by atoms with Crippen molar-refractivity contribution in [2.45, 2.75) is 25.9 Å². The van der Waals surface area contributed by atoms with Gasteiger partial charge in [-0.3, -0.25) is 0 Å². The largest absolute Gasteiger partial charge is 0.303 e. The Morgan fingerprint density at radius 3 is 2.44 bits per heavy atom. The second-order valence-corrected chi connectivity index (χ2v) is 6.87. The molecular formula is C14H15BrClNS. The zero-order chi connectivity index (χ0) is 13.1. The van der Waals surface area contributed by atoms with Gasteiger partial charge in [-0.15, -0.1) is 11.3 Å². The number of hydrogen-bond acceptors (Lipinski definition) is 2. The molecule has 2 aromatic rings. The lowest BCUT2D eigenvalue weighted by molar-refractivity contribution is 0.499. The highest BCUT2D eigenvalue weighted by molar-refractivity contribution is 9.10. The van der Waals surface area contributed by atoms with Crippen LogP contribution in [0.15, 0.2) is 40.9 Å². The minimum absolute atomic E-state index is 0.288. The van der Waals surface area contributed by atoms with Crippen LogP contribution in [0.1, 0.15) is 36.4 Å². The molecule has 2 rings (SSSR count). The Labute approximate surface area is 125 Å². The van der Waals surface area contributed by atoms with E-state index in [9.17, 15) is 0 Å². The zero-order valence-corrected chi connectivity index (χ0v) is 13.4. The summed E-state index contributed by atoms with van der Waals surface area (Å²) in [6.07, 6.45) is 0. The average molecular weight is 345 g/mol. The average Bonchev–Trinajstić information content (AvgIpc) is 2.76. The molecule has 2 atom stereocenters. The SMILES string of the molecule is CC(N[C@@H](C)c1ccccc1Br)c1ccc(Cl)s1. The van der Waals surface area contributed by atoms with Gasteiger partial charge >= 0.3 is 0 Å². The first kappa shape index (κ1) is 14.1. The minimum Gasteiger partial charge on any atom is -0.303 e. The third kappa shape index (κ3) is 3.35. The Hall–Kier alpha value is -0.350. The molecule has 0 radical (unpaired) electrons. The predicted molar refractivity (Wildman–Crippen MR) is 83.4 cm³/mol. The van der Waals surface area contributed by atoms with Gasteiger partial charge in [-0.25, -0.2) is 0 Å². The number of benzene rings is 1. The first-order valence-corrected chi connectivity index (χ1v) is 7.82. The highest BCUT2D eigenvalue weighted by Crippen LogP contribution is 2.30. The summed E-state index contributed by atoms with van der Waals surface area (Å²) >= 11 is 11.2. The van der Waals surface area contributed by atoms with Gasteiger partial charge in [-0.2, -0.15) is 0 Å². The lowest BCUT2D eigenvalue weighted by Crippen LogP contribution is -2.22. The van der Waals surface area contributed by atoms with E-state index in [-0.39, 0.29) is 6.04 Å². The highest BCUT2D eigenvalue weighted by Gasteiger charge is 2.14. The van der Waals surface area contributed by atoms with Crippen molar-refractivity contribution in [3.8, 4) is 0 Å². The van der Waals surface area contributed by atoms with Gasteiger partial charge in [0.05, 0.1) is 4.34 Å². The van der Waals surface area contributed by atoms with E-state index in [2.05, 4.69) is 59.4 Å². The van der Waals surface area contributed by atoms with Gasteiger partial charge in [0.2, 0.25) is 0 Å². The van der Waals surface area contributed by atoms with Crippen LogP contribution in [0.5, 0.6) is 0 Å². The summed E-state index contributed by atoms with van der Waals surface area (Å²) in [6.45, 7) is 4.33. The standard InChI is InChI=1S/C14H15BrClNS/c1-9(11-5-3-4-6-12(11)15)17-10(2)13-7-8-14(16)18-13/h3-10,17H,1-2H3/t9-,10?/m0/s1. The molecule has 0 aliphatic heterocycles. The molecule has 0 saturated carbocycles. The van der Waals surface area contributed by atoms with E-state index in [0.717, 1.165) is 8.81 Å². The van der Waals surface area contributed by atoms with E-state index in [0.29, 0.717) is 6.04 Å². The maximum Gasteiger partial charge on any atom is 0.0931 e. The number of rotatable bonds is 4. The van der Waals surface area contributed by atoms with Gasteiger partial charge in [0, 0.05) is 21.4 Å². The van der Waals surface area contributed by atoms with Gasteiger partial charge in [0.1, 0.15) is 0 Å².